The topological polar surface area (TPSA) is 52.6 Å². The Kier molecular flexibility index (Phi) is 9.38. The van der Waals surface area contributed by atoms with Crippen molar-refractivity contribution in [2.75, 3.05) is 6.61 Å². The van der Waals surface area contributed by atoms with Gasteiger partial charge in [-0.2, -0.15) is 0 Å². The maximum atomic E-state index is 11.9. The lowest BCUT2D eigenvalue weighted by molar-refractivity contribution is -0.137. The molecule has 4 nitrogen and oxygen atoms in total. The standard InChI is InChI=1S/C19H18O4.C2H6/c1-2-14-22-18(20)13-10-15-8-11-17(12-9-15)23-19(21)16-6-4-3-5-7-16;1-2/h3-13H,2,14H2,1H3;1-2H3/b13-10-;. The lowest BCUT2D eigenvalue weighted by Crippen LogP contribution is -2.07. The summed E-state index contributed by atoms with van der Waals surface area (Å²) >= 11 is 0. The van der Waals surface area contributed by atoms with Crippen molar-refractivity contribution in [1.29, 1.82) is 0 Å². The van der Waals surface area contributed by atoms with Gasteiger partial charge in [-0.1, -0.05) is 51.1 Å². The number of hydrogen-bond donors (Lipinski definition) is 0. The second-order valence-electron chi connectivity index (χ2n) is 4.83. The Morgan fingerprint density at radius 1 is 0.960 bits per heavy atom. The molecule has 0 fully saturated rings. The van der Waals surface area contributed by atoms with Gasteiger partial charge in [0.1, 0.15) is 5.75 Å². The van der Waals surface area contributed by atoms with E-state index in [9.17, 15) is 9.59 Å². The number of esters is 2. The Hall–Kier alpha value is -2.88. The van der Waals surface area contributed by atoms with Crippen LogP contribution in [0.15, 0.2) is 60.7 Å². The molecule has 0 saturated heterocycles. The van der Waals surface area contributed by atoms with E-state index in [1.165, 1.54) is 6.08 Å². The fourth-order valence-electron chi connectivity index (χ4n) is 1.80. The lowest BCUT2D eigenvalue weighted by Gasteiger charge is -2.04. The molecule has 0 amide bonds. The Labute approximate surface area is 149 Å². The molecule has 0 aliphatic heterocycles. The van der Waals surface area contributed by atoms with Gasteiger partial charge in [0.2, 0.25) is 0 Å². The number of carbonyl (C=O) groups is 2. The normalized spacial score (nSPS) is 9.88. The van der Waals surface area contributed by atoms with Crippen LogP contribution >= 0.6 is 0 Å². The first-order valence-corrected chi connectivity index (χ1v) is 8.41. The predicted octanol–water partition coefficient (Wildman–Crippen LogP) is 4.90. The molecule has 25 heavy (non-hydrogen) atoms. The molecule has 0 saturated carbocycles. The molecule has 2 rings (SSSR count). The van der Waals surface area contributed by atoms with E-state index in [1.54, 1.807) is 54.6 Å². The van der Waals surface area contributed by atoms with Crippen LogP contribution in [0.1, 0.15) is 43.1 Å². The highest BCUT2D eigenvalue weighted by Crippen LogP contribution is 2.15. The number of benzene rings is 2. The summed E-state index contributed by atoms with van der Waals surface area (Å²) < 4.78 is 10.2. The molecule has 0 atom stereocenters. The minimum Gasteiger partial charge on any atom is -0.463 e. The molecular weight excluding hydrogens is 316 g/mol. The van der Waals surface area contributed by atoms with Crippen molar-refractivity contribution in [1.82, 2.24) is 0 Å². The summed E-state index contributed by atoms with van der Waals surface area (Å²) in [6, 6.07) is 15.7. The minimum absolute atomic E-state index is 0.369. The van der Waals surface area contributed by atoms with Gasteiger partial charge in [-0.05, 0) is 42.3 Å². The van der Waals surface area contributed by atoms with E-state index >= 15 is 0 Å². The van der Waals surface area contributed by atoms with E-state index < -0.39 is 5.97 Å². The monoisotopic (exact) mass is 340 g/mol. The predicted molar refractivity (Wildman–Crippen MR) is 99.5 cm³/mol. The number of hydrogen-bond acceptors (Lipinski definition) is 4. The van der Waals surface area contributed by atoms with Crippen LogP contribution in [0, 0.1) is 0 Å². The largest absolute Gasteiger partial charge is 0.463 e. The van der Waals surface area contributed by atoms with Crippen LogP contribution in [0.25, 0.3) is 6.08 Å². The van der Waals surface area contributed by atoms with Crippen LogP contribution in [0.3, 0.4) is 0 Å². The molecule has 0 unspecified atom stereocenters. The minimum atomic E-state index is -0.406. The van der Waals surface area contributed by atoms with Gasteiger partial charge in [-0.3, -0.25) is 0 Å². The van der Waals surface area contributed by atoms with Crippen molar-refractivity contribution in [3.05, 3.63) is 71.8 Å². The molecule has 2 aromatic carbocycles. The third-order valence-electron chi connectivity index (χ3n) is 2.96. The Balaban J connectivity index is 0.00000151. The third kappa shape index (κ3) is 7.48. The first-order valence-electron chi connectivity index (χ1n) is 8.41. The highest BCUT2D eigenvalue weighted by Gasteiger charge is 2.07. The zero-order valence-electron chi connectivity index (χ0n) is 14.9. The molecular formula is C21H24O4. The van der Waals surface area contributed by atoms with Gasteiger partial charge >= 0.3 is 11.9 Å². The second-order valence-corrected chi connectivity index (χ2v) is 4.83. The van der Waals surface area contributed by atoms with Crippen LogP contribution in [0.5, 0.6) is 5.75 Å². The summed E-state index contributed by atoms with van der Waals surface area (Å²) in [5, 5.41) is 0. The van der Waals surface area contributed by atoms with E-state index in [0.29, 0.717) is 17.9 Å². The van der Waals surface area contributed by atoms with E-state index in [2.05, 4.69) is 0 Å². The maximum Gasteiger partial charge on any atom is 0.343 e. The summed E-state index contributed by atoms with van der Waals surface area (Å²) in [5.41, 5.74) is 1.31. The van der Waals surface area contributed by atoms with Gasteiger partial charge in [-0.25, -0.2) is 9.59 Å². The number of ether oxygens (including phenoxy) is 2. The van der Waals surface area contributed by atoms with Crippen LogP contribution in [0.2, 0.25) is 0 Å². The van der Waals surface area contributed by atoms with Gasteiger partial charge in [0.15, 0.2) is 0 Å². The molecule has 0 aromatic heterocycles. The summed E-state index contributed by atoms with van der Waals surface area (Å²) in [5.74, 6) is -0.326. The Morgan fingerprint density at radius 3 is 2.20 bits per heavy atom. The molecule has 0 bridgehead atoms. The highest BCUT2D eigenvalue weighted by atomic mass is 16.5. The molecule has 132 valence electrons. The van der Waals surface area contributed by atoms with Crippen LogP contribution in [-0.4, -0.2) is 18.5 Å². The first-order chi connectivity index (χ1) is 12.2. The first kappa shape index (κ1) is 20.2. The van der Waals surface area contributed by atoms with E-state index in [-0.39, 0.29) is 5.97 Å². The van der Waals surface area contributed by atoms with Crippen molar-refractivity contribution < 1.29 is 19.1 Å². The van der Waals surface area contributed by atoms with Gasteiger partial charge in [0, 0.05) is 6.08 Å². The molecule has 0 aliphatic rings. The van der Waals surface area contributed by atoms with Crippen molar-refractivity contribution in [3.63, 3.8) is 0 Å². The van der Waals surface area contributed by atoms with E-state index in [0.717, 1.165) is 12.0 Å². The van der Waals surface area contributed by atoms with Crippen LogP contribution < -0.4 is 4.74 Å². The van der Waals surface area contributed by atoms with Crippen LogP contribution in [0.4, 0.5) is 0 Å². The summed E-state index contributed by atoms with van der Waals surface area (Å²) in [7, 11) is 0. The molecule has 0 radical (unpaired) electrons. The molecule has 0 spiro atoms. The van der Waals surface area contributed by atoms with Crippen molar-refractivity contribution in [2.24, 2.45) is 0 Å². The number of carbonyl (C=O) groups excluding carboxylic acids is 2. The van der Waals surface area contributed by atoms with E-state index in [1.807, 2.05) is 26.8 Å². The van der Waals surface area contributed by atoms with Crippen molar-refractivity contribution >= 4 is 18.0 Å². The maximum absolute atomic E-state index is 11.9. The van der Waals surface area contributed by atoms with Gasteiger partial charge < -0.3 is 9.47 Å². The zero-order chi connectivity index (χ0) is 18.5. The zero-order valence-corrected chi connectivity index (χ0v) is 14.9. The lowest BCUT2D eigenvalue weighted by atomic mass is 10.2. The number of rotatable bonds is 6. The van der Waals surface area contributed by atoms with Crippen LogP contribution in [-0.2, 0) is 9.53 Å². The quantitative estimate of drug-likeness (QED) is 0.426. The smallest absolute Gasteiger partial charge is 0.343 e. The third-order valence-corrected chi connectivity index (χ3v) is 2.96. The van der Waals surface area contributed by atoms with Crippen molar-refractivity contribution in [3.8, 4) is 5.75 Å². The summed E-state index contributed by atoms with van der Waals surface area (Å²) in [6.07, 6.45) is 3.82. The second kappa shape index (κ2) is 11.6. The Bertz CT molecular complexity index is 673. The molecule has 0 aliphatic carbocycles. The summed E-state index contributed by atoms with van der Waals surface area (Å²) in [6.45, 7) is 6.35. The Morgan fingerprint density at radius 2 is 1.60 bits per heavy atom. The van der Waals surface area contributed by atoms with Gasteiger partial charge in [0.05, 0.1) is 12.2 Å². The van der Waals surface area contributed by atoms with Gasteiger partial charge in [0.25, 0.3) is 0 Å². The highest BCUT2D eigenvalue weighted by molar-refractivity contribution is 5.91. The van der Waals surface area contributed by atoms with E-state index in [4.69, 9.17) is 9.47 Å². The van der Waals surface area contributed by atoms with Crippen molar-refractivity contribution in [2.45, 2.75) is 27.2 Å². The molecule has 4 heteroatoms. The summed E-state index contributed by atoms with van der Waals surface area (Å²) in [4.78, 5) is 23.3. The average molecular weight is 340 g/mol. The average Bonchev–Trinajstić information content (AvgIpc) is 2.68. The molecule has 0 N–H and O–H groups in total. The molecule has 0 heterocycles. The SMILES string of the molecule is CC.CCCOC(=O)/C=C\c1ccc(OC(=O)c2ccccc2)cc1. The fourth-order valence-corrected chi connectivity index (χ4v) is 1.80. The molecule has 2 aromatic rings. The van der Waals surface area contributed by atoms with Gasteiger partial charge in [-0.15, -0.1) is 0 Å². The fraction of sp³-hybridized carbons (Fsp3) is 0.238.